The minimum absolute atomic E-state index is 0.0840. The number of carboxylic acid groups (broad SMARTS) is 1. The number of hydrogen-bond donors (Lipinski definition) is 2. The number of likely N-dealkylation sites (tertiary alicyclic amines) is 1. The molecule has 2 aromatic carbocycles. The minimum Gasteiger partial charge on any atom is -0.481 e. The summed E-state index contributed by atoms with van der Waals surface area (Å²) in [6.07, 6.45) is 1.96. The summed E-state index contributed by atoms with van der Waals surface area (Å²) in [5, 5.41) is 16.1. The number of carboxylic acids is 1. The Morgan fingerprint density at radius 3 is 2.40 bits per heavy atom. The number of hydrogen-bond acceptors (Lipinski definition) is 5. The molecule has 1 aromatic heterocycles. The maximum absolute atomic E-state index is 13.1. The van der Waals surface area contributed by atoms with Gasteiger partial charge in [0, 0.05) is 32.3 Å². The summed E-state index contributed by atoms with van der Waals surface area (Å²) in [5.41, 5.74) is 4.68. The fourth-order valence-corrected chi connectivity index (χ4v) is 5.00. The first kappa shape index (κ1) is 22.6. The van der Waals surface area contributed by atoms with Gasteiger partial charge >= 0.3 is 12.1 Å². The van der Waals surface area contributed by atoms with Crippen molar-refractivity contribution in [1.29, 1.82) is 0 Å². The lowest BCUT2D eigenvalue weighted by molar-refractivity contribution is -0.143. The van der Waals surface area contributed by atoms with Crippen molar-refractivity contribution in [3.05, 3.63) is 71.4 Å². The van der Waals surface area contributed by atoms with Crippen LogP contribution in [-0.4, -0.2) is 57.5 Å². The average Bonchev–Trinajstić information content (AvgIpc) is 3.39. The van der Waals surface area contributed by atoms with Crippen molar-refractivity contribution >= 4 is 23.8 Å². The standard InChI is InChI=1S/C26H26N4O5/c1-29-14-21(24(31)30-12-6-7-16(13-30)25(32)33)23(28-29)27-26(34)35-15-22-19-10-4-2-8-17(19)18-9-3-5-11-20(18)22/h2-5,8-11,14,16,22H,6-7,12-13,15H2,1H3,(H,32,33)(H,27,28,34)/t16-/m1/s1. The number of nitrogens with one attached hydrogen (secondary N) is 1. The van der Waals surface area contributed by atoms with E-state index < -0.39 is 18.0 Å². The van der Waals surface area contributed by atoms with E-state index in [0.717, 1.165) is 22.3 Å². The number of fused-ring (bicyclic) bond motifs is 3. The summed E-state index contributed by atoms with van der Waals surface area (Å²) in [4.78, 5) is 38.7. The predicted octanol–water partition coefficient (Wildman–Crippen LogP) is 3.72. The summed E-state index contributed by atoms with van der Waals surface area (Å²) in [6, 6.07) is 16.1. The smallest absolute Gasteiger partial charge is 0.412 e. The molecule has 3 aromatic rings. The molecule has 0 unspecified atom stereocenters. The number of amides is 2. The van der Waals surface area contributed by atoms with Gasteiger partial charge in [0.05, 0.1) is 5.92 Å². The van der Waals surface area contributed by atoms with Crippen LogP contribution < -0.4 is 5.32 Å². The van der Waals surface area contributed by atoms with Gasteiger partial charge in [0.2, 0.25) is 0 Å². The molecule has 2 amide bonds. The Bertz CT molecular complexity index is 1250. The third-order valence-electron chi connectivity index (χ3n) is 6.68. The van der Waals surface area contributed by atoms with Gasteiger partial charge in [-0.1, -0.05) is 48.5 Å². The number of piperidine rings is 1. The topological polar surface area (TPSA) is 114 Å². The number of carbonyl (C=O) groups excluding carboxylic acids is 2. The molecule has 35 heavy (non-hydrogen) atoms. The van der Waals surface area contributed by atoms with Crippen LogP contribution in [-0.2, 0) is 16.6 Å². The number of benzene rings is 2. The molecule has 1 atom stereocenters. The Kier molecular flexibility index (Phi) is 5.98. The Hall–Kier alpha value is -4.14. The van der Waals surface area contributed by atoms with Gasteiger partial charge in [0.1, 0.15) is 12.2 Å². The molecule has 1 aliphatic carbocycles. The second-order valence-corrected chi connectivity index (χ2v) is 8.94. The number of carbonyl (C=O) groups is 3. The summed E-state index contributed by atoms with van der Waals surface area (Å²) < 4.78 is 7.02. The van der Waals surface area contributed by atoms with Crippen molar-refractivity contribution in [3.8, 4) is 11.1 Å². The van der Waals surface area contributed by atoms with E-state index in [4.69, 9.17) is 4.74 Å². The van der Waals surface area contributed by atoms with Crippen LogP contribution in [0.5, 0.6) is 0 Å². The lowest BCUT2D eigenvalue weighted by Crippen LogP contribution is -2.42. The first-order valence-corrected chi connectivity index (χ1v) is 11.6. The Balaban J connectivity index is 1.28. The highest BCUT2D eigenvalue weighted by atomic mass is 16.5. The van der Waals surface area contributed by atoms with Gasteiger partial charge in [-0.05, 0) is 35.1 Å². The molecule has 0 radical (unpaired) electrons. The number of aliphatic carboxylic acids is 1. The third-order valence-corrected chi connectivity index (χ3v) is 6.68. The molecule has 1 aliphatic heterocycles. The van der Waals surface area contributed by atoms with Crippen LogP contribution in [0.1, 0.15) is 40.2 Å². The molecule has 0 bridgehead atoms. The average molecular weight is 475 g/mol. The number of anilines is 1. The second kappa shape index (κ2) is 9.25. The summed E-state index contributed by atoms with van der Waals surface area (Å²) >= 11 is 0. The maximum atomic E-state index is 13.1. The Labute approximate surface area is 202 Å². The zero-order chi connectivity index (χ0) is 24.5. The third kappa shape index (κ3) is 4.37. The lowest BCUT2D eigenvalue weighted by atomic mass is 9.98. The van der Waals surface area contributed by atoms with E-state index in [-0.39, 0.29) is 36.4 Å². The number of ether oxygens (including phenoxy) is 1. The van der Waals surface area contributed by atoms with Gasteiger partial charge in [0.25, 0.3) is 5.91 Å². The number of nitrogens with zero attached hydrogens (tertiary/aromatic N) is 3. The van der Waals surface area contributed by atoms with Gasteiger partial charge in [-0.2, -0.15) is 5.10 Å². The molecule has 2 aliphatic rings. The van der Waals surface area contributed by atoms with Crippen LogP contribution in [0, 0.1) is 5.92 Å². The summed E-state index contributed by atoms with van der Waals surface area (Å²) in [7, 11) is 1.65. The monoisotopic (exact) mass is 474 g/mol. The summed E-state index contributed by atoms with van der Waals surface area (Å²) in [6.45, 7) is 0.734. The van der Waals surface area contributed by atoms with Gasteiger partial charge in [-0.15, -0.1) is 0 Å². The van der Waals surface area contributed by atoms with Crippen molar-refractivity contribution in [2.75, 3.05) is 25.0 Å². The van der Waals surface area contributed by atoms with Crippen LogP contribution >= 0.6 is 0 Å². The summed E-state index contributed by atoms with van der Waals surface area (Å²) in [5.74, 6) is -1.86. The van der Waals surface area contributed by atoms with E-state index in [1.54, 1.807) is 7.05 Å². The maximum Gasteiger partial charge on any atom is 0.412 e. The minimum atomic E-state index is -0.911. The SMILES string of the molecule is Cn1cc(C(=O)N2CCC[C@@H](C(=O)O)C2)c(NC(=O)OCC2c3ccccc3-c3ccccc32)n1. The zero-order valence-corrected chi connectivity index (χ0v) is 19.3. The zero-order valence-electron chi connectivity index (χ0n) is 19.3. The molecule has 2 N–H and O–H groups in total. The predicted molar refractivity (Wildman–Crippen MR) is 128 cm³/mol. The Morgan fingerprint density at radius 2 is 1.74 bits per heavy atom. The van der Waals surface area contributed by atoms with Crippen LogP contribution in [0.4, 0.5) is 10.6 Å². The fraction of sp³-hybridized carbons (Fsp3) is 0.308. The quantitative estimate of drug-likeness (QED) is 0.583. The molecule has 1 fully saturated rings. The number of rotatable bonds is 5. The van der Waals surface area contributed by atoms with Gasteiger partial charge in [0.15, 0.2) is 5.82 Å². The molecule has 2 heterocycles. The molecule has 1 saturated heterocycles. The van der Waals surface area contributed by atoms with E-state index in [2.05, 4.69) is 22.5 Å². The van der Waals surface area contributed by atoms with Crippen LogP contribution in [0.2, 0.25) is 0 Å². The van der Waals surface area contributed by atoms with E-state index in [1.807, 2.05) is 36.4 Å². The molecule has 9 nitrogen and oxygen atoms in total. The molecule has 0 saturated carbocycles. The first-order valence-electron chi connectivity index (χ1n) is 11.6. The lowest BCUT2D eigenvalue weighted by Gasteiger charge is -2.30. The highest BCUT2D eigenvalue weighted by Gasteiger charge is 2.32. The van der Waals surface area contributed by atoms with Crippen molar-refractivity contribution in [1.82, 2.24) is 14.7 Å². The van der Waals surface area contributed by atoms with E-state index in [1.165, 1.54) is 15.8 Å². The molecule has 9 heteroatoms. The van der Waals surface area contributed by atoms with Crippen LogP contribution in [0.15, 0.2) is 54.7 Å². The molecular formula is C26H26N4O5. The number of aromatic nitrogens is 2. The van der Waals surface area contributed by atoms with Gasteiger partial charge in [-0.3, -0.25) is 19.6 Å². The highest BCUT2D eigenvalue weighted by molar-refractivity contribution is 6.01. The largest absolute Gasteiger partial charge is 0.481 e. The van der Waals surface area contributed by atoms with Crippen molar-refractivity contribution < 1.29 is 24.2 Å². The molecule has 5 rings (SSSR count). The fourth-order valence-electron chi connectivity index (χ4n) is 5.00. The van der Waals surface area contributed by atoms with E-state index in [9.17, 15) is 19.5 Å². The normalized spacial score (nSPS) is 16.9. The Morgan fingerprint density at radius 1 is 1.09 bits per heavy atom. The van der Waals surface area contributed by atoms with E-state index in [0.29, 0.717) is 19.4 Å². The van der Waals surface area contributed by atoms with Crippen molar-refractivity contribution in [2.45, 2.75) is 18.8 Å². The van der Waals surface area contributed by atoms with Crippen molar-refractivity contribution in [3.63, 3.8) is 0 Å². The van der Waals surface area contributed by atoms with Gasteiger partial charge in [-0.25, -0.2) is 4.79 Å². The highest BCUT2D eigenvalue weighted by Crippen LogP contribution is 2.44. The van der Waals surface area contributed by atoms with Gasteiger partial charge < -0.3 is 14.7 Å². The van der Waals surface area contributed by atoms with Crippen LogP contribution in [0.25, 0.3) is 11.1 Å². The second-order valence-electron chi connectivity index (χ2n) is 8.94. The van der Waals surface area contributed by atoms with Crippen molar-refractivity contribution in [2.24, 2.45) is 13.0 Å². The molecular weight excluding hydrogens is 448 g/mol. The molecule has 0 spiro atoms. The van der Waals surface area contributed by atoms with E-state index >= 15 is 0 Å². The number of aryl methyl sites for hydroxylation is 1. The van der Waals surface area contributed by atoms with Crippen LogP contribution in [0.3, 0.4) is 0 Å². The first-order chi connectivity index (χ1) is 16.9. The molecule has 180 valence electrons.